The smallest absolute Gasteiger partial charge is 0.328 e. The van der Waals surface area contributed by atoms with E-state index in [1.165, 1.54) is 7.11 Å². The van der Waals surface area contributed by atoms with Crippen molar-refractivity contribution in [1.82, 2.24) is 10.6 Å². The normalized spacial score (nSPS) is 12.2. The highest BCUT2D eigenvalue weighted by Crippen LogP contribution is 2.14. The van der Waals surface area contributed by atoms with Gasteiger partial charge in [-0.3, -0.25) is 9.59 Å². The largest absolute Gasteiger partial charge is 0.494 e. The van der Waals surface area contributed by atoms with Crippen LogP contribution in [0.25, 0.3) is 0 Å². The fourth-order valence-electron chi connectivity index (χ4n) is 3.62. The minimum atomic E-state index is -0.919. The molecule has 7 heteroatoms. The van der Waals surface area contributed by atoms with E-state index < -0.39 is 24.0 Å². The van der Waals surface area contributed by atoms with E-state index in [4.69, 9.17) is 9.47 Å². The van der Waals surface area contributed by atoms with Gasteiger partial charge in [0.1, 0.15) is 17.8 Å². The molecule has 0 aliphatic rings. The Kier molecular flexibility index (Phi) is 9.42. The Balaban J connectivity index is 1.77. The van der Waals surface area contributed by atoms with Gasteiger partial charge in [0.15, 0.2) is 0 Å². The lowest BCUT2D eigenvalue weighted by Crippen LogP contribution is -2.53. The van der Waals surface area contributed by atoms with E-state index in [1.54, 1.807) is 24.3 Å². The molecule has 0 heterocycles. The van der Waals surface area contributed by atoms with Crippen LogP contribution >= 0.6 is 0 Å². The second-order valence-corrected chi connectivity index (χ2v) is 7.95. The molecule has 0 aromatic heterocycles. The predicted octanol–water partition coefficient (Wildman–Crippen LogP) is 3.33. The van der Waals surface area contributed by atoms with Gasteiger partial charge in [-0.1, -0.05) is 60.7 Å². The Hall–Kier alpha value is -4.13. The van der Waals surface area contributed by atoms with Crippen LogP contribution in [0.5, 0.6) is 5.75 Å². The molecule has 35 heavy (non-hydrogen) atoms. The van der Waals surface area contributed by atoms with Crippen molar-refractivity contribution in [1.29, 1.82) is 0 Å². The molecule has 0 aliphatic carbocycles. The summed E-state index contributed by atoms with van der Waals surface area (Å²) in [5.74, 6) is -0.691. The van der Waals surface area contributed by atoms with E-state index in [0.717, 1.165) is 16.9 Å². The highest BCUT2D eigenvalue weighted by atomic mass is 16.5. The van der Waals surface area contributed by atoms with Crippen molar-refractivity contribution in [2.75, 3.05) is 13.7 Å². The SMILES string of the molecule is CCOc1ccc(C[C@@H](NC(=O)[C@H](Cc2ccccc2)NC(=O)c2ccccc2)C(=O)OC)cc1. The molecule has 0 unspecified atom stereocenters. The Morgan fingerprint density at radius 2 is 1.31 bits per heavy atom. The number of methoxy groups -OCH3 is 1. The minimum Gasteiger partial charge on any atom is -0.494 e. The molecule has 3 aromatic rings. The number of benzene rings is 3. The second kappa shape index (κ2) is 12.9. The molecule has 3 aromatic carbocycles. The van der Waals surface area contributed by atoms with E-state index in [0.29, 0.717) is 12.2 Å². The van der Waals surface area contributed by atoms with Crippen molar-refractivity contribution in [2.45, 2.75) is 31.8 Å². The van der Waals surface area contributed by atoms with Crippen molar-refractivity contribution in [3.05, 3.63) is 102 Å². The van der Waals surface area contributed by atoms with Crippen LogP contribution in [0.1, 0.15) is 28.4 Å². The van der Waals surface area contributed by atoms with Gasteiger partial charge in [0.2, 0.25) is 5.91 Å². The summed E-state index contributed by atoms with van der Waals surface area (Å²) in [5.41, 5.74) is 2.15. The molecule has 0 bridgehead atoms. The molecular weight excluding hydrogens is 444 g/mol. The molecule has 0 fully saturated rings. The number of rotatable bonds is 11. The number of hydrogen-bond acceptors (Lipinski definition) is 5. The summed E-state index contributed by atoms with van der Waals surface area (Å²) in [6.07, 6.45) is 0.498. The first-order chi connectivity index (χ1) is 17.0. The molecule has 0 aliphatic heterocycles. The zero-order chi connectivity index (χ0) is 25.0. The lowest BCUT2D eigenvalue weighted by molar-refractivity contribution is -0.145. The van der Waals surface area contributed by atoms with Gasteiger partial charge in [0.25, 0.3) is 5.91 Å². The number of nitrogens with one attached hydrogen (secondary N) is 2. The van der Waals surface area contributed by atoms with Crippen molar-refractivity contribution in [3.63, 3.8) is 0 Å². The van der Waals surface area contributed by atoms with Crippen molar-refractivity contribution in [3.8, 4) is 5.75 Å². The van der Waals surface area contributed by atoms with Crippen LogP contribution in [-0.4, -0.2) is 43.6 Å². The second-order valence-electron chi connectivity index (χ2n) is 7.95. The van der Waals surface area contributed by atoms with Crippen LogP contribution in [-0.2, 0) is 27.2 Å². The first-order valence-corrected chi connectivity index (χ1v) is 11.5. The summed E-state index contributed by atoms with van der Waals surface area (Å²) in [6.45, 7) is 2.46. The monoisotopic (exact) mass is 474 g/mol. The van der Waals surface area contributed by atoms with Gasteiger partial charge in [-0.25, -0.2) is 4.79 Å². The summed E-state index contributed by atoms with van der Waals surface area (Å²) < 4.78 is 10.4. The molecule has 2 atom stereocenters. The summed E-state index contributed by atoms with van der Waals surface area (Å²) in [7, 11) is 1.28. The van der Waals surface area contributed by atoms with E-state index in [2.05, 4.69) is 10.6 Å². The lowest BCUT2D eigenvalue weighted by atomic mass is 10.0. The molecule has 2 amide bonds. The van der Waals surface area contributed by atoms with Gasteiger partial charge in [-0.15, -0.1) is 0 Å². The minimum absolute atomic E-state index is 0.232. The maximum Gasteiger partial charge on any atom is 0.328 e. The van der Waals surface area contributed by atoms with Gasteiger partial charge in [0.05, 0.1) is 13.7 Å². The van der Waals surface area contributed by atoms with Crippen LogP contribution in [0.3, 0.4) is 0 Å². The molecule has 0 saturated heterocycles. The number of esters is 1. The van der Waals surface area contributed by atoms with Gasteiger partial charge in [-0.2, -0.15) is 0 Å². The fraction of sp³-hybridized carbons (Fsp3) is 0.250. The average Bonchev–Trinajstić information content (AvgIpc) is 2.89. The maximum absolute atomic E-state index is 13.3. The highest BCUT2D eigenvalue weighted by molar-refractivity contribution is 5.98. The Labute approximate surface area is 205 Å². The Morgan fingerprint density at radius 3 is 1.91 bits per heavy atom. The van der Waals surface area contributed by atoms with E-state index in [1.807, 2.05) is 67.6 Å². The topological polar surface area (TPSA) is 93.7 Å². The number of carbonyl (C=O) groups excluding carboxylic acids is 3. The zero-order valence-corrected chi connectivity index (χ0v) is 19.9. The molecular formula is C28H30N2O5. The average molecular weight is 475 g/mol. The molecule has 0 spiro atoms. The summed E-state index contributed by atoms with van der Waals surface area (Å²) in [6, 6.07) is 23.5. The van der Waals surface area contributed by atoms with Crippen LogP contribution in [0.4, 0.5) is 0 Å². The molecule has 182 valence electrons. The lowest BCUT2D eigenvalue weighted by Gasteiger charge is -2.23. The van der Waals surface area contributed by atoms with Crippen LogP contribution in [0.15, 0.2) is 84.9 Å². The van der Waals surface area contributed by atoms with Gasteiger partial charge in [-0.05, 0) is 42.3 Å². The quantitative estimate of drug-likeness (QED) is 0.416. The van der Waals surface area contributed by atoms with E-state index in [-0.39, 0.29) is 18.7 Å². The Morgan fingerprint density at radius 1 is 0.743 bits per heavy atom. The molecule has 7 nitrogen and oxygen atoms in total. The Bertz CT molecular complexity index is 1100. The first kappa shape index (κ1) is 25.5. The van der Waals surface area contributed by atoms with Crippen molar-refractivity contribution in [2.24, 2.45) is 0 Å². The van der Waals surface area contributed by atoms with Gasteiger partial charge >= 0.3 is 5.97 Å². The third kappa shape index (κ3) is 7.71. The zero-order valence-electron chi connectivity index (χ0n) is 19.9. The van der Waals surface area contributed by atoms with Crippen LogP contribution in [0, 0.1) is 0 Å². The number of amides is 2. The number of ether oxygens (including phenoxy) is 2. The molecule has 3 rings (SSSR count). The van der Waals surface area contributed by atoms with Crippen LogP contribution < -0.4 is 15.4 Å². The summed E-state index contributed by atoms with van der Waals surface area (Å²) >= 11 is 0. The molecule has 0 radical (unpaired) electrons. The highest BCUT2D eigenvalue weighted by Gasteiger charge is 2.28. The third-order valence-electron chi connectivity index (χ3n) is 5.42. The van der Waals surface area contributed by atoms with Gasteiger partial charge < -0.3 is 20.1 Å². The van der Waals surface area contributed by atoms with E-state index >= 15 is 0 Å². The van der Waals surface area contributed by atoms with Crippen LogP contribution in [0.2, 0.25) is 0 Å². The number of hydrogen-bond donors (Lipinski definition) is 2. The van der Waals surface area contributed by atoms with Crippen molar-refractivity contribution < 1.29 is 23.9 Å². The first-order valence-electron chi connectivity index (χ1n) is 11.5. The van der Waals surface area contributed by atoms with Gasteiger partial charge in [0, 0.05) is 18.4 Å². The van der Waals surface area contributed by atoms with Crippen molar-refractivity contribution >= 4 is 17.8 Å². The van der Waals surface area contributed by atoms with E-state index in [9.17, 15) is 14.4 Å². The fourth-order valence-corrected chi connectivity index (χ4v) is 3.62. The summed E-state index contributed by atoms with van der Waals surface area (Å²) in [4.78, 5) is 38.6. The molecule has 2 N–H and O–H groups in total. The maximum atomic E-state index is 13.3. The summed E-state index contributed by atoms with van der Waals surface area (Å²) in [5, 5.41) is 5.58. The predicted molar refractivity (Wildman–Crippen MR) is 133 cm³/mol. The standard InChI is InChI=1S/C28H30N2O5/c1-3-35-23-16-14-21(15-17-23)19-25(28(33)34-2)30-27(32)24(18-20-10-6-4-7-11-20)29-26(31)22-12-8-5-9-13-22/h4-17,24-25H,3,18-19H2,1-2H3,(H,29,31)(H,30,32)/t24-,25+/m0/s1. The molecule has 0 saturated carbocycles. The number of carbonyl (C=O) groups is 3. The third-order valence-corrected chi connectivity index (χ3v) is 5.42.